The number of sulfonamides is 1. The molecule has 0 bridgehead atoms. The maximum Gasteiger partial charge on any atom is 0.246 e. The van der Waals surface area contributed by atoms with Gasteiger partial charge >= 0.3 is 0 Å². The molecular formula is C22H31N5O3S. The highest BCUT2D eigenvalue weighted by Gasteiger charge is 2.36. The smallest absolute Gasteiger partial charge is 0.246 e. The Morgan fingerprint density at radius 1 is 1.10 bits per heavy atom. The Bertz CT molecular complexity index is 1010. The lowest BCUT2D eigenvalue weighted by Gasteiger charge is -2.38. The third-order valence-corrected chi connectivity index (χ3v) is 8.08. The number of aromatic nitrogens is 2. The molecule has 2 saturated heterocycles. The van der Waals surface area contributed by atoms with Gasteiger partial charge in [-0.25, -0.2) is 8.42 Å². The molecule has 1 amide bonds. The Morgan fingerprint density at radius 2 is 1.81 bits per heavy atom. The molecule has 1 atom stereocenters. The first kappa shape index (κ1) is 22.0. The normalized spacial score (nSPS) is 21.4. The van der Waals surface area contributed by atoms with Gasteiger partial charge in [-0.15, -0.1) is 0 Å². The first-order valence-electron chi connectivity index (χ1n) is 10.9. The lowest BCUT2D eigenvalue weighted by atomic mass is 9.97. The van der Waals surface area contributed by atoms with E-state index < -0.39 is 10.0 Å². The van der Waals surface area contributed by atoms with Crippen molar-refractivity contribution in [2.75, 3.05) is 39.3 Å². The van der Waals surface area contributed by atoms with Crippen molar-refractivity contribution < 1.29 is 13.2 Å². The number of amides is 1. The topological polar surface area (TPSA) is 78.8 Å². The summed E-state index contributed by atoms with van der Waals surface area (Å²) in [5.41, 5.74) is 2.54. The Kier molecular flexibility index (Phi) is 6.45. The predicted molar refractivity (Wildman–Crippen MR) is 118 cm³/mol. The minimum atomic E-state index is -3.61. The molecule has 2 aromatic rings. The summed E-state index contributed by atoms with van der Waals surface area (Å²) in [6, 6.07) is 8.57. The minimum absolute atomic E-state index is 0.0843. The molecule has 4 rings (SSSR count). The molecule has 2 aliphatic rings. The summed E-state index contributed by atoms with van der Waals surface area (Å²) in [6.45, 7) is 6.73. The van der Waals surface area contributed by atoms with E-state index in [4.69, 9.17) is 0 Å². The summed E-state index contributed by atoms with van der Waals surface area (Å²) in [4.78, 5) is 17.6. The number of nitrogens with zero attached hydrogens (tertiary/aromatic N) is 5. The van der Waals surface area contributed by atoms with Crippen LogP contribution in [0.1, 0.15) is 24.0 Å². The molecule has 0 radical (unpaired) electrons. The van der Waals surface area contributed by atoms with E-state index in [1.807, 2.05) is 4.90 Å². The first-order chi connectivity index (χ1) is 14.8. The number of carbonyl (C=O) groups excluding carboxylic acids is 1. The van der Waals surface area contributed by atoms with Crippen LogP contribution in [0.25, 0.3) is 0 Å². The number of hydrogen-bond donors (Lipinski definition) is 0. The van der Waals surface area contributed by atoms with Gasteiger partial charge in [-0.1, -0.05) is 29.8 Å². The molecule has 0 N–H and O–H groups in total. The molecule has 0 spiro atoms. The first-order valence-corrected chi connectivity index (χ1v) is 12.3. The molecule has 2 fully saturated rings. The molecule has 9 heteroatoms. The summed E-state index contributed by atoms with van der Waals surface area (Å²) in [6.07, 6.45) is 4.31. The Balaban J connectivity index is 1.33. The molecule has 31 heavy (non-hydrogen) atoms. The average molecular weight is 446 g/mol. The Labute approximate surface area is 184 Å². The molecule has 2 aliphatic heterocycles. The monoisotopic (exact) mass is 445 g/mol. The van der Waals surface area contributed by atoms with Crippen LogP contribution in [-0.2, 0) is 28.4 Å². The van der Waals surface area contributed by atoms with Crippen molar-refractivity contribution in [1.29, 1.82) is 0 Å². The average Bonchev–Trinajstić information content (AvgIpc) is 3.23. The summed E-state index contributed by atoms with van der Waals surface area (Å²) in [7, 11) is -1.92. The molecule has 0 aliphatic carbocycles. The van der Waals surface area contributed by atoms with Crippen molar-refractivity contribution in [3.05, 3.63) is 47.8 Å². The van der Waals surface area contributed by atoms with E-state index >= 15 is 0 Å². The number of piperidine rings is 1. The van der Waals surface area contributed by atoms with Gasteiger partial charge in [0.1, 0.15) is 4.90 Å². The van der Waals surface area contributed by atoms with Gasteiger partial charge in [0.25, 0.3) is 0 Å². The zero-order chi connectivity index (χ0) is 22.0. The second-order valence-corrected chi connectivity index (χ2v) is 10.6. The van der Waals surface area contributed by atoms with Gasteiger partial charge in [0.15, 0.2) is 0 Å². The third kappa shape index (κ3) is 4.99. The zero-order valence-electron chi connectivity index (χ0n) is 18.3. The summed E-state index contributed by atoms with van der Waals surface area (Å²) < 4.78 is 28.8. The van der Waals surface area contributed by atoms with E-state index in [9.17, 15) is 13.2 Å². The van der Waals surface area contributed by atoms with Gasteiger partial charge in [0.05, 0.1) is 12.1 Å². The molecule has 1 aromatic carbocycles. The van der Waals surface area contributed by atoms with E-state index in [1.54, 1.807) is 7.05 Å². The third-order valence-electron chi connectivity index (χ3n) is 6.26. The fraction of sp³-hybridized carbons (Fsp3) is 0.545. The van der Waals surface area contributed by atoms with Gasteiger partial charge in [-0.2, -0.15) is 9.40 Å². The lowest BCUT2D eigenvalue weighted by Crippen LogP contribution is -2.52. The molecule has 168 valence electrons. The molecule has 3 heterocycles. The van der Waals surface area contributed by atoms with Crippen molar-refractivity contribution in [2.45, 2.75) is 31.2 Å². The number of piperazine rings is 1. The number of hydrogen-bond acceptors (Lipinski definition) is 5. The van der Waals surface area contributed by atoms with Crippen LogP contribution >= 0.6 is 0 Å². The SMILES string of the molecule is Cc1ccc(CN2CCN(C(=O)[C@@H]3CCCN(S(=O)(=O)c4cnn(C)c4)C3)CC2)cc1. The number of aryl methyl sites for hydroxylation is 2. The van der Waals surface area contributed by atoms with Crippen molar-refractivity contribution in [1.82, 2.24) is 23.9 Å². The zero-order valence-corrected chi connectivity index (χ0v) is 19.1. The maximum atomic E-state index is 13.1. The quantitative estimate of drug-likeness (QED) is 0.697. The van der Waals surface area contributed by atoms with Gasteiger partial charge < -0.3 is 4.90 Å². The van der Waals surface area contributed by atoms with E-state index in [0.29, 0.717) is 26.1 Å². The lowest BCUT2D eigenvalue weighted by molar-refractivity contribution is -0.138. The van der Waals surface area contributed by atoms with Crippen LogP contribution in [0.15, 0.2) is 41.6 Å². The highest BCUT2D eigenvalue weighted by molar-refractivity contribution is 7.89. The molecular weight excluding hydrogens is 414 g/mol. The maximum absolute atomic E-state index is 13.1. The summed E-state index contributed by atoms with van der Waals surface area (Å²) in [5, 5.41) is 3.98. The molecule has 0 saturated carbocycles. The van der Waals surface area contributed by atoms with Crippen LogP contribution in [0.4, 0.5) is 0 Å². The fourth-order valence-corrected chi connectivity index (χ4v) is 5.89. The van der Waals surface area contributed by atoms with Gasteiger partial charge in [0.2, 0.25) is 15.9 Å². The van der Waals surface area contributed by atoms with Crippen molar-refractivity contribution >= 4 is 15.9 Å². The fourth-order valence-electron chi connectivity index (χ4n) is 4.38. The van der Waals surface area contributed by atoms with Gasteiger partial charge in [-0.05, 0) is 25.3 Å². The summed E-state index contributed by atoms with van der Waals surface area (Å²) >= 11 is 0. The van der Waals surface area contributed by atoms with Crippen LogP contribution in [0.5, 0.6) is 0 Å². The van der Waals surface area contributed by atoms with Crippen LogP contribution < -0.4 is 0 Å². The Morgan fingerprint density at radius 3 is 2.45 bits per heavy atom. The van der Waals surface area contributed by atoms with Crippen LogP contribution in [0.3, 0.4) is 0 Å². The predicted octanol–water partition coefficient (Wildman–Crippen LogP) is 1.47. The molecule has 0 unspecified atom stereocenters. The van der Waals surface area contributed by atoms with Crippen molar-refractivity contribution in [3.8, 4) is 0 Å². The highest BCUT2D eigenvalue weighted by atomic mass is 32.2. The number of benzene rings is 1. The van der Waals surface area contributed by atoms with E-state index in [2.05, 4.69) is 41.2 Å². The van der Waals surface area contributed by atoms with Crippen molar-refractivity contribution in [2.24, 2.45) is 13.0 Å². The largest absolute Gasteiger partial charge is 0.340 e. The number of rotatable bonds is 5. The number of carbonyl (C=O) groups is 1. The van der Waals surface area contributed by atoms with E-state index in [0.717, 1.165) is 26.1 Å². The van der Waals surface area contributed by atoms with Crippen LogP contribution in [0, 0.1) is 12.8 Å². The standard InChI is InChI=1S/C22H31N5O3S/c1-18-5-7-19(8-6-18)15-25-10-12-26(13-11-25)22(28)20-4-3-9-27(16-20)31(29,30)21-14-23-24(2)17-21/h5-8,14,17,20H,3-4,9-13,15-16H2,1-2H3/t20-/m1/s1. The van der Waals surface area contributed by atoms with Crippen LogP contribution in [-0.4, -0.2) is 77.5 Å². The summed E-state index contributed by atoms with van der Waals surface area (Å²) in [5.74, 6) is -0.190. The Hall–Kier alpha value is -2.23. The van der Waals surface area contributed by atoms with E-state index in [-0.39, 0.29) is 23.3 Å². The molecule has 1 aromatic heterocycles. The molecule has 8 nitrogen and oxygen atoms in total. The van der Waals surface area contributed by atoms with Gasteiger partial charge in [-0.3, -0.25) is 14.4 Å². The van der Waals surface area contributed by atoms with Gasteiger partial charge in [0, 0.05) is 59.1 Å². The van der Waals surface area contributed by atoms with Crippen LogP contribution in [0.2, 0.25) is 0 Å². The second-order valence-electron chi connectivity index (χ2n) is 8.64. The van der Waals surface area contributed by atoms with Crippen molar-refractivity contribution in [3.63, 3.8) is 0 Å². The minimum Gasteiger partial charge on any atom is -0.340 e. The highest BCUT2D eigenvalue weighted by Crippen LogP contribution is 2.25. The van der Waals surface area contributed by atoms with E-state index in [1.165, 1.54) is 32.5 Å². The second kappa shape index (κ2) is 9.10.